The predicted octanol–water partition coefficient (Wildman–Crippen LogP) is 3.04. The lowest BCUT2D eigenvalue weighted by Crippen LogP contribution is -2.34. The molecule has 0 aliphatic carbocycles. The van der Waals surface area contributed by atoms with Gasteiger partial charge in [-0.05, 0) is 25.0 Å². The molecule has 1 N–H and O–H groups in total. The number of nitrogens with zero attached hydrogens (tertiary/aromatic N) is 3. The number of para-hydroxylation sites is 1. The van der Waals surface area contributed by atoms with Crippen LogP contribution in [0, 0.1) is 6.92 Å². The van der Waals surface area contributed by atoms with Crippen molar-refractivity contribution in [2.75, 3.05) is 18.4 Å². The Morgan fingerprint density at radius 1 is 1.27 bits per heavy atom. The molecule has 0 spiro atoms. The normalized spacial score (nSPS) is 14.8. The lowest BCUT2D eigenvalue weighted by atomic mass is 9.92. The summed E-state index contributed by atoms with van der Waals surface area (Å²) in [6.07, 6.45) is 1.35. The molecular weight excluding hydrogens is 328 g/mol. The second-order valence-electron chi connectivity index (χ2n) is 7.83. The number of amides is 2. The van der Waals surface area contributed by atoms with Gasteiger partial charge in [0.25, 0.3) is 0 Å². The van der Waals surface area contributed by atoms with E-state index in [9.17, 15) is 9.59 Å². The number of nitrogens with one attached hydrogen (secondary N) is 1. The van der Waals surface area contributed by atoms with E-state index in [1.165, 1.54) is 0 Å². The Balaban J connectivity index is 1.90. The van der Waals surface area contributed by atoms with Crippen molar-refractivity contribution >= 4 is 17.6 Å². The monoisotopic (exact) mass is 354 g/mol. The highest BCUT2D eigenvalue weighted by molar-refractivity contribution is 5.94. The number of anilines is 1. The van der Waals surface area contributed by atoms with Crippen molar-refractivity contribution in [1.29, 1.82) is 0 Å². The molecule has 1 aromatic heterocycles. The van der Waals surface area contributed by atoms with Crippen molar-refractivity contribution in [1.82, 2.24) is 14.7 Å². The first-order chi connectivity index (χ1) is 12.3. The topological polar surface area (TPSA) is 67.2 Å². The third kappa shape index (κ3) is 3.79. The van der Waals surface area contributed by atoms with Crippen LogP contribution in [0.15, 0.2) is 30.3 Å². The number of likely N-dealkylation sites (tertiary alicyclic amines) is 1. The minimum absolute atomic E-state index is 0.0444. The summed E-state index contributed by atoms with van der Waals surface area (Å²) < 4.78 is 1.78. The summed E-state index contributed by atoms with van der Waals surface area (Å²) in [4.78, 5) is 25.9. The quantitative estimate of drug-likeness (QED) is 0.918. The number of rotatable bonds is 4. The molecule has 26 heavy (non-hydrogen) atoms. The van der Waals surface area contributed by atoms with Gasteiger partial charge < -0.3 is 10.2 Å². The fourth-order valence-electron chi connectivity index (χ4n) is 3.05. The number of aromatic nitrogens is 2. The van der Waals surface area contributed by atoms with Gasteiger partial charge in [-0.25, -0.2) is 4.68 Å². The molecule has 0 radical (unpaired) electrons. The maximum Gasteiger partial charge on any atom is 0.245 e. The van der Waals surface area contributed by atoms with E-state index in [-0.39, 0.29) is 23.8 Å². The van der Waals surface area contributed by atoms with Crippen LogP contribution in [-0.4, -0.2) is 39.6 Å². The van der Waals surface area contributed by atoms with Gasteiger partial charge in [-0.3, -0.25) is 9.59 Å². The van der Waals surface area contributed by atoms with Crippen LogP contribution in [0.4, 0.5) is 5.82 Å². The van der Waals surface area contributed by atoms with E-state index in [0.29, 0.717) is 18.8 Å². The Morgan fingerprint density at radius 3 is 2.62 bits per heavy atom. The zero-order chi connectivity index (χ0) is 18.9. The van der Waals surface area contributed by atoms with Gasteiger partial charge in [0.1, 0.15) is 5.82 Å². The van der Waals surface area contributed by atoms with E-state index in [1.807, 2.05) is 37.3 Å². The van der Waals surface area contributed by atoms with Gasteiger partial charge in [0.05, 0.1) is 17.9 Å². The Bertz CT molecular complexity index is 833. The lowest BCUT2D eigenvalue weighted by molar-refractivity contribution is -0.131. The third-order valence-corrected chi connectivity index (χ3v) is 4.59. The molecule has 1 aromatic carbocycles. The Hall–Kier alpha value is -2.63. The molecule has 0 saturated carbocycles. The summed E-state index contributed by atoms with van der Waals surface area (Å²) in [5.41, 5.74) is 2.75. The number of carbonyl (C=O) groups excluding carboxylic acids is 2. The summed E-state index contributed by atoms with van der Waals surface area (Å²) in [5, 5.41) is 7.68. The maximum atomic E-state index is 12.5. The van der Waals surface area contributed by atoms with Gasteiger partial charge in [0.15, 0.2) is 0 Å². The van der Waals surface area contributed by atoms with E-state index in [2.05, 4.69) is 26.1 Å². The van der Waals surface area contributed by atoms with Crippen LogP contribution < -0.4 is 5.32 Å². The number of carbonyl (C=O) groups is 2. The molecule has 0 atom stereocenters. The van der Waals surface area contributed by atoms with Gasteiger partial charge in [-0.2, -0.15) is 5.10 Å². The van der Waals surface area contributed by atoms with E-state index in [0.717, 1.165) is 23.4 Å². The van der Waals surface area contributed by atoms with E-state index < -0.39 is 0 Å². The third-order valence-electron chi connectivity index (χ3n) is 4.59. The van der Waals surface area contributed by atoms with Crippen molar-refractivity contribution in [3.05, 3.63) is 41.6 Å². The number of benzene rings is 1. The summed E-state index contributed by atoms with van der Waals surface area (Å²) in [6.45, 7) is 9.02. The highest BCUT2D eigenvalue weighted by Gasteiger charge is 2.25. The first kappa shape index (κ1) is 18.2. The molecule has 1 saturated heterocycles. The molecule has 138 valence electrons. The summed E-state index contributed by atoms with van der Waals surface area (Å²) in [7, 11) is 0. The Kier molecular flexibility index (Phi) is 4.85. The standard InChI is InChI=1S/C20H26N4O2/c1-14-8-5-6-9-15(14)24-17(12-16(22-24)20(2,3)4)21-18(25)13-23-11-7-10-19(23)26/h5-6,8-9,12H,7,10-11,13H2,1-4H3,(H,21,25). The highest BCUT2D eigenvalue weighted by atomic mass is 16.2. The number of aryl methyl sites for hydroxylation is 1. The Labute approximate surface area is 154 Å². The van der Waals surface area contributed by atoms with Crippen LogP contribution in [0.3, 0.4) is 0 Å². The second-order valence-corrected chi connectivity index (χ2v) is 7.83. The van der Waals surface area contributed by atoms with E-state index >= 15 is 0 Å². The maximum absolute atomic E-state index is 12.5. The molecule has 0 bridgehead atoms. The van der Waals surface area contributed by atoms with Crippen molar-refractivity contribution < 1.29 is 9.59 Å². The zero-order valence-electron chi connectivity index (χ0n) is 15.9. The first-order valence-electron chi connectivity index (χ1n) is 9.00. The first-order valence-corrected chi connectivity index (χ1v) is 9.00. The molecule has 6 nitrogen and oxygen atoms in total. The molecule has 6 heteroatoms. The summed E-state index contributed by atoms with van der Waals surface area (Å²) in [5.74, 6) is 0.472. The van der Waals surface area contributed by atoms with Crippen molar-refractivity contribution in [2.45, 2.75) is 46.0 Å². The smallest absolute Gasteiger partial charge is 0.245 e. The number of hydrogen-bond acceptors (Lipinski definition) is 3. The molecule has 2 heterocycles. The molecule has 1 fully saturated rings. The molecule has 0 unspecified atom stereocenters. The number of hydrogen-bond donors (Lipinski definition) is 1. The molecule has 1 aliphatic heterocycles. The van der Waals surface area contributed by atoms with E-state index in [4.69, 9.17) is 5.10 Å². The largest absolute Gasteiger partial charge is 0.333 e. The summed E-state index contributed by atoms with van der Waals surface area (Å²) >= 11 is 0. The van der Waals surface area contributed by atoms with Gasteiger partial charge in [0.2, 0.25) is 11.8 Å². The predicted molar refractivity (Wildman–Crippen MR) is 101 cm³/mol. The minimum atomic E-state index is -0.199. The fourth-order valence-corrected chi connectivity index (χ4v) is 3.05. The fraction of sp³-hybridized carbons (Fsp3) is 0.450. The average Bonchev–Trinajstić information content (AvgIpc) is 3.15. The van der Waals surface area contributed by atoms with Crippen molar-refractivity contribution in [3.63, 3.8) is 0 Å². The average molecular weight is 354 g/mol. The minimum Gasteiger partial charge on any atom is -0.333 e. The van der Waals surface area contributed by atoms with Crippen molar-refractivity contribution in [2.24, 2.45) is 0 Å². The zero-order valence-corrected chi connectivity index (χ0v) is 15.9. The second kappa shape index (κ2) is 6.94. The molecular formula is C20H26N4O2. The SMILES string of the molecule is Cc1ccccc1-n1nc(C(C)(C)C)cc1NC(=O)CN1CCCC1=O. The van der Waals surface area contributed by atoms with E-state index in [1.54, 1.807) is 9.58 Å². The van der Waals surface area contributed by atoms with Crippen LogP contribution in [0.2, 0.25) is 0 Å². The van der Waals surface area contributed by atoms with Gasteiger partial charge in [0, 0.05) is 24.4 Å². The summed E-state index contributed by atoms with van der Waals surface area (Å²) in [6, 6.07) is 9.84. The van der Waals surface area contributed by atoms with Crippen LogP contribution >= 0.6 is 0 Å². The molecule has 1 aliphatic rings. The van der Waals surface area contributed by atoms with Crippen LogP contribution in [0.25, 0.3) is 5.69 Å². The Morgan fingerprint density at radius 2 is 2.00 bits per heavy atom. The van der Waals surface area contributed by atoms with Gasteiger partial charge in [-0.15, -0.1) is 0 Å². The van der Waals surface area contributed by atoms with Crippen molar-refractivity contribution in [3.8, 4) is 5.69 Å². The molecule has 2 amide bonds. The van der Waals surface area contributed by atoms with Crippen LogP contribution in [-0.2, 0) is 15.0 Å². The van der Waals surface area contributed by atoms with Crippen LogP contribution in [0.5, 0.6) is 0 Å². The molecule has 2 aromatic rings. The van der Waals surface area contributed by atoms with Crippen LogP contribution in [0.1, 0.15) is 44.9 Å². The van der Waals surface area contributed by atoms with Gasteiger partial charge in [-0.1, -0.05) is 39.0 Å². The lowest BCUT2D eigenvalue weighted by Gasteiger charge is -2.16. The highest BCUT2D eigenvalue weighted by Crippen LogP contribution is 2.27. The molecule has 3 rings (SSSR count). The van der Waals surface area contributed by atoms with Gasteiger partial charge >= 0.3 is 0 Å².